The van der Waals surface area contributed by atoms with Crippen molar-refractivity contribution in [2.45, 2.75) is 94.3 Å². The Morgan fingerprint density at radius 2 is 0.757 bits per heavy atom. The maximum absolute atomic E-state index is 14.9. The van der Waals surface area contributed by atoms with E-state index < -0.39 is 35.5 Å². The first-order valence-electron chi connectivity index (χ1n) is 26.5. The van der Waals surface area contributed by atoms with Crippen LogP contribution < -0.4 is 26.0 Å². The summed E-state index contributed by atoms with van der Waals surface area (Å²) in [4.78, 5) is 89.6. The van der Waals surface area contributed by atoms with E-state index in [-0.39, 0.29) is 127 Å². The summed E-state index contributed by atoms with van der Waals surface area (Å²) in [5.41, 5.74) is 4.73. The zero-order valence-electron chi connectivity index (χ0n) is 42.3. The molecule has 12 atom stereocenters. The lowest BCUT2D eigenvalue weighted by molar-refractivity contribution is -0.133. The first kappa shape index (κ1) is 49.0. The van der Waals surface area contributed by atoms with Crippen LogP contribution in [0.4, 0.5) is 0 Å². The molecular weight excluding hydrogens is 929 g/mol. The Morgan fingerprint density at radius 3 is 1.07 bits per heavy atom. The number of carbonyl (C=O) groups excluding carboxylic acids is 6. The zero-order valence-corrected chi connectivity index (χ0v) is 42.3. The van der Waals surface area contributed by atoms with Crippen LogP contribution in [-0.2, 0) is 19.2 Å². The number of nitrogens with one attached hydrogen (secondary N) is 4. The Kier molecular flexibility index (Phi) is 13.4. The minimum Gasteiger partial charge on any atom is -0.492 e. The molecule has 1 unspecified atom stereocenters. The summed E-state index contributed by atoms with van der Waals surface area (Å²) in [5.74, 6) is -4.00. The second kappa shape index (κ2) is 20.2. The lowest BCUT2D eigenvalue weighted by Crippen LogP contribution is -2.43. The van der Waals surface area contributed by atoms with Crippen LogP contribution >= 0.6 is 0 Å². The molecule has 0 bridgehead atoms. The topological polar surface area (TPSA) is 166 Å². The Bertz CT molecular complexity index is 2760. The summed E-state index contributed by atoms with van der Waals surface area (Å²) in [7, 11) is 0. The molecule has 74 heavy (non-hydrogen) atoms. The van der Waals surface area contributed by atoms with E-state index in [2.05, 4.69) is 69.8 Å². The number of likely N-dealkylation sites (tertiary alicyclic amines) is 2. The molecule has 4 N–H and O–H groups in total. The molecule has 382 valence electrons. The molecule has 0 spiro atoms. The standard InChI is InChI=1S/C61H66N6O7/c1-61(2,3)35-74-54-26-40(59(72)66-31-46(55(68)62-50-27-42(50)36-16-8-4-9-17-36)47(32-66)56(69)63-51-28-43(51)37-18-10-5-11-19-37)24-25-41(54)60(73)67-33-48(57(70)64-52-29-44(52)38-20-12-6-13-21-38)49(34-67)58(71)65-53-30-45(53)39-22-14-7-15-23-39/h4-26,42-53H,27-35H2,1-3H3,(H,62,68)(H,63,69)(H,64,70)(H,65,71)/t42-,43-,44-,45?,46-,47-,48-,49-,50+,51+,52+,53+/m1/s1. The number of benzene rings is 5. The molecular formula is C61H66N6O7. The van der Waals surface area contributed by atoms with Gasteiger partial charge in [-0.3, -0.25) is 28.8 Å². The molecule has 2 saturated heterocycles. The van der Waals surface area contributed by atoms with Crippen LogP contribution in [0.3, 0.4) is 0 Å². The van der Waals surface area contributed by atoms with Crippen molar-refractivity contribution in [3.8, 4) is 5.75 Å². The third-order valence-electron chi connectivity index (χ3n) is 16.1. The van der Waals surface area contributed by atoms with Crippen LogP contribution in [0.2, 0.25) is 0 Å². The highest BCUT2D eigenvalue weighted by Gasteiger charge is 2.51. The van der Waals surface area contributed by atoms with Crippen molar-refractivity contribution < 1.29 is 33.5 Å². The average Bonchev–Trinajstić information content (AvgIpc) is 4.35. The lowest BCUT2D eigenvalue weighted by atomic mass is 9.94. The van der Waals surface area contributed by atoms with Gasteiger partial charge in [0.25, 0.3) is 11.8 Å². The van der Waals surface area contributed by atoms with Gasteiger partial charge in [-0.25, -0.2) is 0 Å². The first-order valence-corrected chi connectivity index (χ1v) is 26.5. The molecule has 5 aromatic rings. The highest BCUT2D eigenvalue weighted by atomic mass is 16.5. The molecule has 4 aliphatic carbocycles. The molecule has 6 aliphatic rings. The fourth-order valence-electron chi connectivity index (χ4n) is 11.5. The summed E-state index contributed by atoms with van der Waals surface area (Å²) in [6.07, 6.45) is 3.20. The Hall–Kier alpha value is -7.28. The second-order valence-electron chi connectivity index (χ2n) is 22.9. The first-order chi connectivity index (χ1) is 35.8. The van der Waals surface area contributed by atoms with Gasteiger partial charge in [-0.05, 0) is 71.6 Å². The van der Waals surface area contributed by atoms with E-state index in [1.807, 2.05) is 93.6 Å². The van der Waals surface area contributed by atoms with E-state index in [4.69, 9.17) is 4.74 Å². The van der Waals surface area contributed by atoms with Crippen molar-refractivity contribution in [2.24, 2.45) is 29.1 Å². The molecule has 0 aromatic heterocycles. The summed E-state index contributed by atoms with van der Waals surface area (Å²) >= 11 is 0. The number of hydrogen-bond acceptors (Lipinski definition) is 7. The van der Waals surface area contributed by atoms with E-state index in [9.17, 15) is 28.8 Å². The maximum Gasteiger partial charge on any atom is 0.257 e. The van der Waals surface area contributed by atoms with E-state index in [0.29, 0.717) is 0 Å². The zero-order chi connectivity index (χ0) is 51.3. The van der Waals surface area contributed by atoms with Gasteiger partial charge in [0, 0.05) is 79.6 Å². The van der Waals surface area contributed by atoms with Crippen LogP contribution in [0.15, 0.2) is 140 Å². The van der Waals surface area contributed by atoms with Gasteiger partial charge in [0.15, 0.2) is 0 Å². The molecule has 0 radical (unpaired) electrons. The molecule has 2 aliphatic heterocycles. The molecule has 6 amide bonds. The van der Waals surface area contributed by atoms with Gasteiger partial charge in [-0.1, -0.05) is 142 Å². The molecule has 13 heteroatoms. The fourth-order valence-corrected chi connectivity index (χ4v) is 11.5. The highest BCUT2D eigenvalue weighted by Crippen LogP contribution is 2.45. The number of amides is 6. The van der Waals surface area contributed by atoms with Gasteiger partial charge in [0.05, 0.1) is 35.8 Å². The number of rotatable bonds is 16. The molecule has 11 rings (SSSR count). The number of hydrogen-bond donors (Lipinski definition) is 4. The van der Waals surface area contributed by atoms with Gasteiger partial charge in [-0.2, -0.15) is 0 Å². The van der Waals surface area contributed by atoms with Gasteiger partial charge >= 0.3 is 0 Å². The van der Waals surface area contributed by atoms with Gasteiger partial charge in [-0.15, -0.1) is 0 Å². The molecule has 13 nitrogen and oxygen atoms in total. The van der Waals surface area contributed by atoms with Crippen molar-refractivity contribution >= 4 is 35.4 Å². The van der Waals surface area contributed by atoms with E-state index in [1.54, 1.807) is 28.0 Å². The SMILES string of the molecule is CC(C)(C)COc1cc(C(=O)N2C[C@@H](C(=O)N[C@H]3C[C@@H]3c3ccccc3)[C@H](C(=O)N[C@H]3C[C@@H]3c3ccccc3)C2)ccc1C(=O)N1C[C@@H](C(=O)N[C@H]2CC2c2ccccc2)[C@H](C(=O)N[C@H]2C[C@@H]2c2ccccc2)C1. The monoisotopic (exact) mass is 994 g/mol. The molecule has 5 aromatic carbocycles. The fraction of sp³-hybridized carbons (Fsp3) is 0.410. The minimum absolute atomic E-state index is 0.0260. The summed E-state index contributed by atoms with van der Waals surface area (Å²) in [6, 6.07) is 44.7. The summed E-state index contributed by atoms with van der Waals surface area (Å²) in [6.45, 7) is 6.38. The third-order valence-corrected chi connectivity index (χ3v) is 16.1. The molecule has 6 fully saturated rings. The van der Waals surface area contributed by atoms with E-state index >= 15 is 0 Å². The van der Waals surface area contributed by atoms with E-state index in [0.717, 1.165) is 47.9 Å². The smallest absolute Gasteiger partial charge is 0.257 e. The van der Waals surface area contributed by atoms with Crippen molar-refractivity contribution in [3.05, 3.63) is 173 Å². The average molecular weight is 995 g/mol. The highest BCUT2D eigenvalue weighted by molar-refractivity contribution is 6.02. The Labute approximate surface area is 433 Å². The van der Waals surface area contributed by atoms with Crippen LogP contribution in [0.25, 0.3) is 0 Å². The van der Waals surface area contributed by atoms with Gasteiger partial charge in [0.2, 0.25) is 23.6 Å². The predicted octanol–water partition coefficient (Wildman–Crippen LogP) is 7.18. The van der Waals surface area contributed by atoms with Crippen LogP contribution in [0.5, 0.6) is 5.75 Å². The maximum atomic E-state index is 14.9. The number of ether oxygens (including phenoxy) is 1. The molecule has 4 saturated carbocycles. The van der Waals surface area contributed by atoms with Crippen LogP contribution in [0, 0.1) is 29.1 Å². The lowest BCUT2D eigenvalue weighted by Gasteiger charge is -2.23. The largest absolute Gasteiger partial charge is 0.492 e. The van der Waals surface area contributed by atoms with Crippen LogP contribution in [0.1, 0.15) is 113 Å². The van der Waals surface area contributed by atoms with Crippen molar-refractivity contribution in [2.75, 3.05) is 32.8 Å². The van der Waals surface area contributed by atoms with Crippen LogP contribution in [-0.4, -0.2) is 102 Å². The summed E-state index contributed by atoms with van der Waals surface area (Å²) in [5, 5.41) is 12.9. The number of carbonyl (C=O) groups is 6. The third kappa shape index (κ3) is 10.8. The van der Waals surface area contributed by atoms with Gasteiger partial charge in [0.1, 0.15) is 5.75 Å². The summed E-state index contributed by atoms with van der Waals surface area (Å²) < 4.78 is 6.42. The van der Waals surface area contributed by atoms with Gasteiger partial charge < -0.3 is 35.8 Å². The predicted molar refractivity (Wildman–Crippen MR) is 280 cm³/mol. The van der Waals surface area contributed by atoms with E-state index in [1.165, 1.54) is 0 Å². The number of nitrogens with zero attached hydrogens (tertiary/aromatic N) is 2. The Balaban J connectivity index is 0.814. The molecule has 2 heterocycles. The van der Waals surface area contributed by atoms with Crippen molar-refractivity contribution in [3.63, 3.8) is 0 Å². The second-order valence-corrected chi connectivity index (χ2v) is 22.9. The quantitative estimate of drug-likeness (QED) is 0.0814. The van der Waals surface area contributed by atoms with Crippen molar-refractivity contribution in [1.82, 2.24) is 31.1 Å². The normalized spacial score (nSPS) is 28.4. The Morgan fingerprint density at radius 1 is 0.446 bits per heavy atom. The minimum atomic E-state index is -0.788. The van der Waals surface area contributed by atoms with Crippen molar-refractivity contribution in [1.29, 1.82) is 0 Å².